The number of carboxylic acid groups (broad SMARTS) is 1. The molecule has 0 aromatic heterocycles. The molecule has 1 aromatic carbocycles. The van der Waals surface area contributed by atoms with Gasteiger partial charge in [-0.1, -0.05) is 11.6 Å². The monoisotopic (exact) mass is 223 g/mol. The van der Waals surface area contributed by atoms with Crippen molar-refractivity contribution in [1.29, 1.82) is 5.26 Å². The number of aromatic carboxylic acids is 1. The molecule has 1 N–H and O–H groups in total. The van der Waals surface area contributed by atoms with Crippen LogP contribution in [0.1, 0.15) is 29.8 Å². The predicted molar refractivity (Wildman–Crippen MR) is 57.1 cm³/mol. The first-order valence-electron chi connectivity index (χ1n) is 4.32. The van der Waals surface area contributed by atoms with E-state index in [9.17, 15) is 4.79 Å². The zero-order valence-electron chi connectivity index (χ0n) is 8.41. The van der Waals surface area contributed by atoms with Gasteiger partial charge in [0.1, 0.15) is 0 Å². The number of carboxylic acids is 1. The Morgan fingerprint density at radius 2 is 2.07 bits per heavy atom. The van der Waals surface area contributed by atoms with Gasteiger partial charge < -0.3 is 5.11 Å². The number of nitriles is 1. The Hall–Kier alpha value is -1.53. The van der Waals surface area contributed by atoms with Crippen LogP contribution >= 0.6 is 11.6 Å². The molecule has 3 nitrogen and oxygen atoms in total. The molecule has 0 radical (unpaired) electrons. The van der Waals surface area contributed by atoms with Crippen LogP contribution in [-0.4, -0.2) is 11.1 Å². The minimum Gasteiger partial charge on any atom is -0.478 e. The number of hydrogen-bond acceptors (Lipinski definition) is 2. The maximum absolute atomic E-state index is 10.8. The van der Waals surface area contributed by atoms with Crippen molar-refractivity contribution in [2.45, 2.75) is 19.3 Å². The van der Waals surface area contributed by atoms with E-state index >= 15 is 0 Å². The number of carbonyl (C=O) groups is 1. The summed E-state index contributed by atoms with van der Waals surface area (Å²) in [4.78, 5) is 10.8. The summed E-state index contributed by atoms with van der Waals surface area (Å²) in [6.07, 6.45) is 0. The van der Waals surface area contributed by atoms with Gasteiger partial charge in [-0.05, 0) is 37.6 Å². The van der Waals surface area contributed by atoms with Crippen LogP contribution in [0.3, 0.4) is 0 Å². The molecule has 0 heterocycles. The normalized spacial score (nSPS) is 10.8. The lowest BCUT2D eigenvalue weighted by Crippen LogP contribution is -2.14. The summed E-state index contributed by atoms with van der Waals surface area (Å²) >= 11 is 5.78. The number of hydrogen-bond donors (Lipinski definition) is 1. The molecule has 0 spiro atoms. The Morgan fingerprint density at radius 1 is 1.47 bits per heavy atom. The second-order valence-electron chi connectivity index (χ2n) is 3.77. The van der Waals surface area contributed by atoms with E-state index in [0.29, 0.717) is 10.6 Å². The topological polar surface area (TPSA) is 61.1 Å². The summed E-state index contributed by atoms with van der Waals surface area (Å²) in [6, 6.07) is 6.54. The lowest BCUT2D eigenvalue weighted by Gasteiger charge is -2.16. The van der Waals surface area contributed by atoms with Crippen molar-refractivity contribution in [3.63, 3.8) is 0 Å². The molecule has 1 rings (SSSR count). The van der Waals surface area contributed by atoms with E-state index in [-0.39, 0.29) is 5.56 Å². The first-order chi connectivity index (χ1) is 6.86. The molecule has 0 aliphatic heterocycles. The molecule has 0 saturated carbocycles. The Kier molecular flexibility index (Phi) is 3.01. The zero-order valence-corrected chi connectivity index (χ0v) is 9.17. The van der Waals surface area contributed by atoms with Gasteiger partial charge in [-0.2, -0.15) is 5.26 Å². The van der Waals surface area contributed by atoms with Crippen molar-refractivity contribution < 1.29 is 9.90 Å². The lowest BCUT2D eigenvalue weighted by atomic mass is 9.85. The largest absolute Gasteiger partial charge is 0.478 e. The maximum atomic E-state index is 10.8. The standard InChI is InChI=1S/C11H10ClNO2/c1-11(2,6-13)8-3-7(10(14)15)4-9(12)5-8/h3-5H,1-2H3,(H,14,15). The number of nitrogens with zero attached hydrogens (tertiary/aromatic N) is 1. The van der Waals surface area contributed by atoms with Crippen LogP contribution in [0.4, 0.5) is 0 Å². The lowest BCUT2D eigenvalue weighted by molar-refractivity contribution is 0.0696. The van der Waals surface area contributed by atoms with E-state index in [1.807, 2.05) is 0 Å². The molecule has 15 heavy (non-hydrogen) atoms. The van der Waals surface area contributed by atoms with Crippen LogP contribution in [-0.2, 0) is 5.41 Å². The molecule has 0 aliphatic carbocycles. The van der Waals surface area contributed by atoms with E-state index in [0.717, 1.165) is 0 Å². The van der Waals surface area contributed by atoms with E-state index in [1.54, 1.807) is 19.9 Å². The summed E-state index contributed by atoms with van der Waals surface area (Å²) in [5.41, 5.74) is -0.0366. The van der Waals surface area contributed by atoms with E-state index in [1.165, 1.54) is 12.1 Å². The molecule has 78 valence electrons. The van der Waals surface area contributed by atoms with Crippen LogP contribution in [0.2, 0.25) is 5.02 Å². The molecule has 0 atom stereocenters. The van der Waals surface area contributed by atoms with E-state index in [4.69, 9.17) is 22.0 Å². The van der Waals surface area contributed by atoms with Gasteiger partial charge in [0, 0.05) is 5.02 Å². The van der Waals surface area contributed by atoms with Crippen LogP contribution in [0.25, 0.3) is 0 Å². The molecule has 0 fully saturated rings. The van der Waals surface area contributed by atoms with Crippen molar-refractivity contribution in [1.82, 2.24) is 0 Å². The molecule has 0 amide bonds. The minimum absolute atomic E-state index is 0.0980. The first-order valence-corrected chi connectivity index (χ1v) is 4.70. The first kappa shape index (κ1) is 11.5. The van der Waals surface area contributed by atoms with Crippen molar-refractivity contribution >= 4 is 17.6 Å². The Balaban J connectivity index is 3.34. The fourth-order valence-electron chi connectivity index (χ4n) is 1.14. The average molecular weight is 224 g/mol. The van der Waals surface area contributed by atoms with E-state index < -0.39 is 11.4 Å². The highest BCUT2D eigenvalue weighted by atomic mass is 35.5. The van der Waals surface area contributed by atoms with Gasteiger partial charge in [-0.3, -0.25) is 0 Å². The molecular formula is C11H10ClNO2. The third kappa shape index (κ3) is 2.48. The van der Waals surface area contributed by atoms with Gasteiger partial charge in [-0.25, -0.2) is 4.79 Å². The van der Waals surface area contributed by atoms with Gasteiger partial charge in [0.15, 0.2) is 0 Å². The SMILES string of the molecule is CC(C)(C#N)c1cc(Cl)cc(C(=O)O)c1. The molecule has 4 heteroatoms. The van der Waals surface area contributed by atoms with Gasteiger partial charge in [0.25, 0.3) is 0 Å². The smallest absolute Gasteiger partial charge is 0.335 e. The second kappa shape index (κ2) is 3.92. The Bertz CT molecular complexity index is 446. The van der Waals surface area contributed by atoms with Crippen molar-refractivity contribution in [3.8, 4) is 6.07 Å². The molecule has 0 saturated heterocycles. The fourth-order valence-corrected chi connectivity index (χ4v) is 1.37. The summed E-state index contributed by atoms with van der Waals surface area (Å²) in [6.45, 7) is 3.43. The van der Waals surface area contributed by atoms with Crippen LogP contribution in [0.15, 0.2) is 18.2 Å². The number of benzene rings is 1. The highest BCUT2D eigenvalue weighted by Gasteiger charge is 2.21. The van der Waals surface area contributed by atoms with Crippen LogP contribution in [0, 0.1) is 11.3 Å². The van der Waals surface area contributed by atoms with Gasteiger partial charge in [0.05, 0.1) is 17.0 Å². The highest BCUT2D eigenvalue weighted by Crippen LogP contribution is 2.26. The van der Waals surface area contributed by atoms with Crippen molar-refractivity contribution in [2.75, 3.05) is 0 Å². The summed E-state index contributed by atoms with van der Waals surface area (Å²) in [5, 5.41) is 18.1. The van der Waals surface area contributed by atoms with Crippen LogP contribution < -0.4 is 0 Å². The van der Waals surface area contributed by atoms with Gasteiger partial charge >= 0.3 is 5.97 Å². The van der Waals surface area contributed by atoms with Crippen molar-refractivity contribution in [2.24, 2.45) is 0 Å². The van der Waals surface area contributed by atoms with E-state index in [2.05, 4.69) is 6.07 Å². The molecule has 1 aromatic rings. The second-order valence-corrected chi connectivity index (χ2v) is 4.21. The third-order valence-electron chi connectivity index (χ3n) is 2.15. The average Bonchev–Trinajstić information content (AvgIpc) is 2.16. The Morgan fingerprint density at radius 3 is 2.53 bits per heavy atom. The highest BCUT2D eigenvalue weighted by molar-refractivity contribution is 6.31. The maximum Gasteiger partial charge on any atom is 0.335 e. The molecule has 0 aliphatic rings. The molecule has 0 bridgehead atoms. The fraction of sp³-hybridized carbons (Fsp3) is 0.273. The van der Waals surface area contributed by atoms with Gasteiger partial charge in [0.2, 0.25) is 0 Å². The zero-order chi connectivity index (χ0) is 11.6. The summed E-state index contributed by atoms with van der Waals surface area (Å²) in [5.74, 6) is -1.05. The molecule has 0 unspecified atom stereocenters. The van der Waals surface area contributed by atoms with Gasteiger partial charge in [-0.15, -0.1) is 0 Å². The Labute approximate surface area is 92.9 Å². The quantitative estimate of drug-likeness (QED) is 0.839. The summed E-state index contributed by atoms with van der Waals surface area (Å²) < 4.78 is 0. The predicted octanol–water partition coefficient (Wildman–Crippen LogP) is 2.84. The number of halogens is 1. The third-order valence-corrected chi connectivity index (χ3v) is 2.36. The van der Waals surface area contributed by atoms with Crippen molar-refractivity contribution in [3.05, 3.63) is 34.3 Å². The number of rotatable bonds is 2. The van der Waals surface area contributed by atoms with Crippen LogP contribution in [0.5, 0.6) is 0 Å². The summed E-state index contributed by atoms with van der Waals surface area (Å²) in [7, 11) is 0. The minimum atomic E-state index is -1.05. The molecular weight excluding hydrogens is 214 g/mol.